The quantitative estimate of drug-likeness (QED) is 0.571. The maximum atomic E-state index is 13.3. The first-order valence-corrected chi connectivity index (χ1v) is 12.3. The average Bonchev–Trinajstić information content (AvgIpc) is 3.25. The number of carbonyl (C=O) groups is 3. The van der Waals surface area contributed by atoms with Crippen molar-refractivity contribution in [1.29, 1.82) is 0 Å². The third-order valence-electron chi connectivity index (χ3n) is 6.25. The summed E-state index contributed by atoms with van der Waals surface area (Å²) in [7, 11) is 1.36. The van der Waals surface area contributed by atoms with Crippen molar-refractivity contribution in [2.75, 3.05) is 26.8 Å². The van der Waals surface area contributed by atoms with E-state index in [1.165, 1.54) is 18.9 Å². The number of benzene rings is 1. The van der Waals surface area contributed by atoms with Gasteiger partial charge in [0, 0.05) is 18.8 Å². The summed E-state index contributed by atoms with van der Waals surface area (Å²) in [5.41, 5.74) is 2.75. The van der Waals surface area contributed by atoms with Crippen molar-refractivity contribution in [2.24, 2.45) is 10.9 Å². The van der Waals surface area contributed by atoms with E-state index in [1.807, 2.05) is 40.6 Å². The number of hydrogen-bond donors (Lipinski definition) is 0. The van der Waals surface area contributed by atoms with Gasteiger partial charge in [0.05, 0.1) is 43.4 Å². The Morgan fingerprint density at radius 3 is 2.68 bits per heavy atom. The SMILES string of the molecule is CCOC(=O)C1CCCN(C(=O)CC2=CSC3=NC(C)=C(C(=O)OC)C(c4ccccc4)N23)C1. The smallest absolute Gasteiger partial charge is 0.338 e. The van der Waals surface area contributed by atoms with Crippen LogP contribution in [0.4, 0.5) is 0 Å². The number of carbonyl (C=O) groups excluding carboxylic acids is 3. The van der Waals surface area contributed by atoms with E-state index >= 15 is 0 Å². The van der Waals surface area contributed by atoms with Gasteiger partial charge >= 0.3 is 11.9 Å². The van der Waals surface area contributed by atoms with E-state index in [2.05, 4.69) is 4.99 Å². The first kappa shape index (κ1) is 24.1. The summed E-state index contributed by atoms with van der Waals surface area (Å²) in [6.07, 6.45) is 1.64. The number of amidine groups is 1. The van der Waals surface area contributed by atoms with Gasteiger partial charge in [-0.25, -0.2) is 9.79 Å². The fraction of sp³-hybridized carbons (Fsp3) is 0.440. The Kier molecular flexibility index (Phi) is 7.41. The zero-order valence-electron chi connectivity index (χ0n) is 19.7. The second kappa shape index (κ2) is 10.5. The number of thioether (sulfide) groups is 1. The van der Waals surface area contributed by atoms with Gasteiger partial charge in [-0.3, -0.25) is 9.59 Å². The lowest BCUT2D eigenvalue weighted by atomic mass is 9.93. The van der Waals surface area contributed by atoms with Crippen LogP contribution in [0.15, 0.2) is 57.7 Å². The number of ether oxygens (including phenoxy) is 2. The zero-order valence-corrected chi connectivity index (χ0v) is 20.5. The molecule has 2 unspecified atom stereocenters. The van der Waals surface area contributed by atoms with Crippen LogP contribution in [0, 0.1) is 5.92 Å². The van der Waals surface area contributed by atoms with Crippen molar-refractivity contribution >= 4 is 34.8 Å². The Balaban J connectivity index is 1.58. The Labute approximate surface area is 203 Å². The molecule has 8 nitrogen and oxygen atoms in total. The van der Waals surface area contributed by atoms with Gasteiger partial charge in [0.25, 0.3) is 0 Å². The van der Waals surface area contributed by atoms with Crippen molar-refractivity contribution in [1.82, 2.24) is 9.80 Å². The standard InChI is InChI=1S/C25H29N3O5S/c1-4-33-23(30)18-11-8-12-27(14-18)20(29)13-19-15-34-25-26-16(2)21(24(31)32-3)22(28(19)25)17-9-6-5-7-10-17/h5-7,9-10,15,18,22H,4,8,11-14H2,1-3H3. The third-order valence-corrected chi connectivity index (χ3v) is 7.14. The minimum Gasteiger partial charge on any atom is -0.466 e. The number of hydrogen-bond acceptors (Lipinski definition) is 8. The molecule has 0 radical (unpaired) electrons. The number of nitrogens with zero attached hydrogens (tertiary/aromatic N) is 3. The van der Waals surface area contributed by atoms with Crippen molar-refractivity contribution in [2.45, 2.75) is 39.2 Å². The van der Waals surface area contributed by atoms with E-state index < -0.39 is 12.0 Å². The molecule has 0 saturated carbocycles. The van der Waals surface area contributed by atoms with E-state index in [0.717, 1.165) is 29.3 Å². The van der Waals surface area contributed by atoms with Crippen LogP contribution in [-0.4, -0.2) is 59.6 Å². The Hall–Kier alpha value is -3.07. The molecule has 0 N–H and O–H groups in total. The van der Waals surface area contributed by atoms with E-state index in [9.17, 15) is 14.4 Å². The van der Waals surface area contributed by atoms with Gasteiger partial charge in [0.2, 0.25) is 5.91 Å². The predicted molar refractivity (Wildman–Crippen MR) is 129 cm³/mol. The lowest BCUT2D eigenvalue weighted by molar-refractivity contribution is -0.151. The summed E-state index contributed by atoms with van der Waals surface area (Å²) in [5.74, 6) is -1.02. The van der Waals surface area contributed by atoms with Crippen LogP contribution in [0.1, 0.15) is 44.7 Å². The van der Waals surface area contributed by atoms with E-state index in [-0.39, 0.29) is 24.2 Å². The average molecular weight is 484 g/mol. The van der Waals surface area contributed by atoms with Gasteiger partial charge in [0.15, 0.2) is 5.17 Å². The first-order valence-electron chi connectivity index (χ1n) is 11.5. The molecular formula is C25H29N3O5S. The van der Waals surface area contributed by atoms with Gasteiger partial charge < -0.3 is 19.3 Å². The van der Waals surface area contributed by atoms with Gasteiger partial charge in [-0.05, 0) is 37.7 Å². The van der Waals surface area contributed by atoms with Crippen LogP contribution in [0.2, 0.25) is 0 Å². The molecule has 0 aromatic heterocycles. The molecule has 0 aliphatic carbocycles. The van der Waals surface area contributed by atoms with E-state index in [0.29, 0.717) is 31.0 Å². The largest absolute Gasteiger partial charge is 0.466 e. The monoisotopic (exact) mass is 483 g/mol. The first-order chi connectivity index (χ1) is 16.4. The van der Waals surface area contributed by atoms with Crippen LogP contribution in [0.5, 0.6) is 0 Å². The summed E-state index contributed by atoms with van der Waals surface area (Å²) < 4.78 is 10.3. The Bertz CT molecular complexity index is 1070. The fourth-order valence-electron chi connectivity index (χ4n) is 4.61. The number of esters is 2. The molecule has 34 heavy (non-hydrogen) atoms. The third kappa shape index (κ3) is 4.75. The highest BCUT2D eigenvalue weighted by atomic mass is 32.2. The van der Waals surface area contributed by atoms with Gasteiger partial charge in [-0.1, -0.05) is 42.1 Å². The number of fused-ring (bicyclic) bond motifs is 1. The Morgan fingerprint density at radius 2 is 1.97 bits per heavy atom. The molecule has 0 spiro atoms. The predicted octanol–water partition coefficient (Wildman–Crippen LogP) is 3.63. The fourth-order valence-corrected chi connectivity index (χ4v) is 5.58. The lowest BCUT2D eigenvalue weighted by Gasteiger charge is -2.37. The number of piperidine rings is 1. The molecule has 1 aromatic rings. The molecule has 3 heterocycles. The number of rotatable bonds is 6. The van der Waals surface area contributed by atoms with Crippen molar-refractivity contribution in [3.8, 4) is 0 Å². The summed E-state index contributed by atoms with van der Waals surface area (Å²) >= 11 is 1.44. The van der Waals surface area contributed by atoms with E-state index in [4.69, 9.17) is 9.47 Å². The molecular weight excluding hydrogens is 454 g/mol. The number of aliphatic imine (C=N–C) groups is 1. The van der Waals surface area contributed by atoms with Crippen molar-refractivity contribution in [3.63, 3.8) is 0 Å². The highest BCUT2D eigenvalue weighted by Gasteiger charge is 2.41. The van der Waals surface area contributed by atoms with Crippen LogP contribution >= 0.6 is 11.8 Å². The van der Waals surface area contributed by atoms with Crippen molar-refractivity contribution < 1.29 is 23.9 Å². The summed E-state index contributed by atoms with van der Waals surface area (Å²) in [4.78, 5) is 46.6. The highest BCUT2D eigenvalue weighted by molar-refractivity contribution is 8.16. The topological polar surface area (TPSA) is 88.5 Å². The molecule has 1 saturated heterocycles. The molecule has 1 amide bonds. The number of amides is 1. The maximum Gasteiger partial charge on any atom is 0.338 e. The molecule has 3 aliphatic rings. The molecule has 4 rings (SSSR count). The number of allylic oxidation sites excluding steroid dienone is 1. The molecule has 2 atom stereocenters. The minimum absolute atomic E-state index is 0.0557. The summed E-state index contributed by atoms with van der Waals surface area (Å²) in [5, 5.41) is 2.65. The minimum atomic E-state index is -0.441. The lowest BCUT2D eigenvalue weighted by Crippen LogP contribution is -2.44. The van der Waals surface area contributed by atoms with Crippen LogP contribution in [0.3, 0.4) is 0 Å². The molecule has 0 bridgehead atoms. The van der Waals surface area contributed by atoms with Gasteiger partial charge in [-0.15, -0.1) is 0 Å². The molecule has 3 aliphatic heterocycles. The van der Waals surface area contributed by atoms with Gasteiger partial charge in [-0.2, -0.15) is 0 Å². The molecule has 180 valence electrons. The molecule has 9 heteroatoms. The second-order valence-electron chi connectivity index (χ2n) is 8.40. The second-order valence-corrected chi connectivity index (χ2v) is 9.24. The van der Waals surface area contributed by atoms with E-state index in [1.54, 1.807) is 18.7 Å². The zero-order chi connectivity index (χ0) is 24.2. The summed E-state index contributed by atoms with van der Waals surface area (Å²) in [6.45, 7) is 4.91. The normalized spacial score (nSPS) is 22.1. The molecule has 1 aromatic carbocycles. The summed E-state index contributed by atoms with van der Waals surface area (Å²) in [6, 6.07) is 9.24. The molecule has 1 fully saturated rings. The van der Waals surface area contributed by atoms with Crippen LogP contribution in [0.25, 0.3) is 0 Å². The number of methoxy groups -OCH3 is 1. The van der Waals surface area contributed by atoms with Crippen LogP contribution < -0.4 is 0 Å². The highest BCUT2D eigenvalue weighted by Crippen LogP contribution is 2.44. The van der Waals surface area contributed by atoms with Crippen molar-refractivity contribution in [3.05, 3.63) is 58.3 Å². The Morgan fingerprint density at radius 1 is 1.21 bits per heavy atom. The maximum absolute atomic E-state index is 13.3. The van der Waals surface area contributed by atoms with Gasteiger partial charge in [0.1, 0.15) is 0 Å². The van der Waals surface area contributed by atoms with Crippen LogP contribution in [-0.2, 0) is 23.9 Å². The number of likely N-dealkylation sites (tertiary alicyclic amines) is 1.